The molecule has 4 rings (SSSR count). The molecule has 0 fully saturated rings. The molecule has 2 aromatic heterocycles. The number of carbonyl (C=O) groups is 4. The van der Waals surface area contributed by atoms with Crippen molar-refractivity contribution in [1.82, 2.24) is 30.2 Å². The molecule has 0 aliphatic heterocycles. The van der Waals surface area contributed by atoms with E-state index in [1.54, 1.807) is 32.0 Å². The molecule has 2 amide bonds. The van der Waals surface area contributed by atoms with Crippen LogP contribution in [0.3, 0.4) is 0 Å². The Bertz CT molecular complexity index is 1870. The maximum absolute atomic E-state index is 13.0. The van der Waals surface area contributed by atoms with Gasteiger partial charge in [-0.15, -0.1) is 0 Å². The van der Waals surface area contributed by atoms with Crippen molar-refractivity contribution in [2.75, 3.05) is 11.9 Å². The van der Waals surface area contributed by atoms with Gasteiger partial charge in [-0.1, -0.05) is 17.7 Å². The molecule has 2 heterocycles. The molecule has 252 valence electrons. The maximum Gasteiger partial charge on any atom is 0.490 e. The average Bonchev–Trinajstić information content (AvgIpc) is 3.63. The van der Waals surface area contributed by atoms with Gasteiger partial charge in [0, 0.05) is 23.3 Å². The summed E-state index contributed by atoms with van der Waals surface area (Å²) < 4.78 is 67.1. The van der Waals surface area contributed by atoms with E-state index in [0.29, 0.717) is 22.0 Å². The third-order valence-electron chi connectivity index (χ3n) is 6.26. The number of aryl methyl sites for hydroxylation is 3. The normalized spacial score (nSPS) is 12.7. The molecule has 4 aromatic rings. The van der Waals surface area contributed by atoms with Crippen molar-refractivity contribution in [2.45, 2.75) is 50.9 Å². The quantitative estimate of drug-likeness (QED) is 0.106. The Morgan fingerprint density at radius 3 is 2.28 bits per heavy atom. The van der Waals surface area contributed by atoms with E-state index in [0.717, 1.165) is 12.5 Å². The highest BCUT2D eigenvalue weighted by Gasteiger charge is 2.41. The summed E-state index contributed by atoms with van der Waals surface area (Å²) in [5.41, 5.74) is 0.434. The molecule has 19 heteroatoms. The first-order valence-corrected chi connectivity index (χ1v) is 14.9. The molecular weight excluding hydrogens is 651 g/mol. The first kappa shape index (κ1) is 36.2. The number of nitrogens with one attached hydrogen (secondary N) is 5. The zero-order valence-electron chi connectivity index (χ0n) is 25.3. The number of carboxylic acid groups (broad SMARTS) is 1. The molecule has 0 aliphatic carbocycles. The number of imidazole rings is 1. The number of aromatic nitrogens is 4. The van der Waals surface area contributed by atoms with Crippen LogP contribution in [0.5, 0.6) is 0 Å². The van der Waals surface area contributed by atoms with E-state index in [1.807, 2.05) is 6.92 Å². The van der Waals surface area contributed by atoms with Gasteiger partial charge in [0.1, 0.15) is 6.61 Å². The van der Waals surface area contributed by atoms with E-state index in [-0.39, 0.29) is 22.8 Å². The van der Waals surface area contributed by atoms with Crippen molar-refractivity contribution in [1.29, 1.82) is 0 Å². The van der Waals surface area contributed by atoms with Gasteiger partial charge in [0.2, 0.25) is 27.5 Å². The summed E-state index contributed by atoms with van der Waals surface area (Å²) in [5, 5.41) is 21.5. The zero-order valence-corrected chi connectivity index (χ0v) is 26.1. The summed E-state index contributed by atoms with van der Waals surface area (Å²) in [6.45, 7) is 5.53. The molecular formula is C28H30F3N7O8S. The number of hydrogen-bond acceptors (Lipinski definition) is 9. The van der Waals surface area contributed by atoms with Gasteiger partial charge in [-0.05, 0) is 57.0 Å². The summed E-state index contributed by atoms with van der Waals surface area (Å²) in [5.74, 6) is -5.07. The van der Waals surface area contributed by atoms with Gasteiger partial charge in [0.15, 0.2) is 0 Å². The van der Waals surface area contributed by atoms with Crippen LogP contribution < -0.4 is 15.4 Å². The molecule has 0 bridgehead atoms. The second-order valence-electron chi connectivity index (χ2n) is 10.3. The first-order chi connectivity index (χ1) is 21.8. The molecule has 0 saturated carbocycles. The number of sulfonamides is 1. The molecule has 15 nitrogen and oxygen atoms in total. The second-order valence-corrected chi connectivity index (χ2v) is 11.9. The van der Waals surface area contributed by atoms with Crippen LogP contribution in [0.25, 0.3) is 10.9 Å². The lowest BCUT2D eigenvalue weighted by Crippen LogP contribution is -2.63. The van der Waals surface area contributed by atoms with E-state index in [4.69, 9.17) is 0 Å². The van der Waals surface area contributed by atoms with Crippen LogP contribution in [-0.2, 0) is 29.1 Å². The molecule has 0 spiro atoms. The monoisotopic (exact) mass is 681 g/mol. The van der Waals surface area contributed by atoms with Gasteiger partial charge in [-0.25, -0.2) is 23.0 Å². The minimum atomic E-state index is -5.04. The lowest BCUT2D eigenvalue weighted by Gasteiger charge is -2.28. The Morgan fingerprint density at radius 1 is 1.04 bits per heavy atom. The van der Waals surface area contributed by atoms with Crippen LogP contribution in [0.15, 0.2) is 53.8 Å². The standard InChI is InChI=1S/C20H22N4O5S.C8H8F3N3O3/c1-11-7-12(2)17(13(3)8-11)30(28,29)24-20(4,19(26)27)22-18(25)14-5-6-16-15(9-14)10-21-23-16;9-8(10,11)6(16)17-4-1-5(15)14-7-12-2-3-13-7/h5-10,24H,1-4H3,(H,21,23)(H,22,25)(H,26,27);2-3H,1,4H2,(H2,12,13,14,15). The number of ether oxygens (including phenoxy) is 1. The Kier molecular flexibility index (Phi) is 11.1. The lowest BCUT2D eigenvalue weighted by atomic mass is 10.1. The van der Waals surface area contributed by atoms with Crippen molar-refractivity contribution in [2.24, 2.45) is 0 Å². The smallest absolute Gasteiger partial charge is 0.478 e. The fourth-order valence-electron chi connectivity index (χ4n) is 4.26. The van der Waals surface area contributed by atoms with Crippen LogP contribution >= 0.6 is 0 Å². The highest BCUT2D eigenvalue weighted by molar-refractivity contribution is 7.89. The number of hydrogen-bond donors (Lipinski definition) is 6. The Morgan fingerprint density at radius 2 is 1.70 bits per heavy atom. The van der Waals surface area contributed by atoms with Gasteiger partial charge >= 0.3 is 18.1 Å². The van der Waals surface area contributed by atoms with Gasteiger partial charge in [-0.3, -0.25) is 20.0 Å². The van der Waals surface area contributed by atoms with Gasteiger partial charge in [0.25, 0.3) is 5.91 Å². The van der Waals surface area contributed by atoms with Crippen molar-refractivity contribution in [3.05, 3.63) is 71.2 Å². The number of rotatable bonds is 10. The van der Waals surface area contributed by atoms with Gasteiger partial charge < -0.3 is 20.1 Å². The fraction of sp³-hybridized carbons (Fsp3) is 0.286. The average molecular weight is 682 g/mol. The minimum absolute atomic E-state index is 0.0189. The number of carboxylic acids is 1. The minimum Gasteiger partial charge on any atom is -0.478 e. The second kappa shape index (κ2) is 14.4. The number of fused-ring (bicyclic) bond motifs is 1. The Balaban J connectivity index is 0.000000300. The van der Waals surface area contributed by atoms with Crippen LogP contribution in [0.1, 0.15) is 40.4 Å². The number of aromatic amines is 2. The number of anilines is 1. The third kappa shape index (κ3) is 9.60. The number of esters is 1. The van der Waals surface area contributed by atoms with Gasteiger partial charge in [-0.2, -0.15) is 23.0 Å². The number of amides is 2. The molecule has 1 unspecified atom stereocenters. The predicted molar refractivity (Wildman–Crippen MR) is 159 cm³/mol. The van der Waals surface area contributed by atoms with E-state index in [1.165, 1.54) is 30.7 Å². The fourth-order valence-corrected chi connectivity index (χ4v) is 6.01. The SMILES string of the molecule is Cc1cc(C)c(S(=O)(=O)NC(C)(NC(=O)c2ccc3[nH]ncc3c2)C(=O)O)c(C)c1.O=C(CCOC(=O)C(F)(F)F)Nc1ncc[nH]1. The molecule has 47 heavy (non-hydrogen) atoms. The van der Waals surface area contributed by atoms with Crippen molar-refractivity contribution in [3.8, 4) is 0 Å². The topological polar surface area (TPSA) is 225 Å². The predicted octanol–water partition coefficient (Wildman–Crippen LogP) is 2.84. The lowest BCUT2D eigenvalue weighted by molar-refractivity contribution is -0.199. The number of H-pyrrole nitrogens is 2. The third-order valence-corrected chi connectivity index (χ3v) is 8.11. The molecule has 0 aliphatic rings. The van der Waals surface area contributed by atoms with E-state index >= 15 is 0 Å². The Labute approximate surface area is 265 Å². The summed E-state index contributed by atoms with van der Waals surface area (Å²) in [7, 11) is -4.26. The van der Waals surface area contributed by atoms with Gasteiger partial charge in [0.05, 0.1) is 23.0 Å². The number of nitrogens with zero attached hydrogens (tertiary/aromatic N) is 2. The van der Waals surface area contributed by atoms with Crippen molar-refractivity contribution in [3.63, 3.8) is 0 Å². The summed E-state index contributed by atoms with van der Waals surface area (Å²) in [6, 6.07) is 8.02. The summed E-state index contributed by atoms with van der Waals surface area (Å²) >= 11 is 0. The number of halogens is 3. The van der Waals surface area contributed by atoms with Crippen molar-refractivity contribution < 1.29 is 50.6 Å². The molecule has 0 saturated heterocycles. The number of benzene rings is 2. The van der Waals surface area contributed by atoms with Crippen LogP contribution in [-0.4, -0.2) is 75.9 Å². The molecule has 2 aromatic carbocycles. The largest absolute Gasteiger partial charge is 0.490 e. The number of carbonyl (C=O) groups excluding carboxylic acids is 3. The molecule has 6 N–H and O–H groups in total. The Hall–Kier alpha value is -5.30. The summed E-state index contributed by atoms with van der Waals surface area (Å²) in [6.07, 6.45) is -1.06. The van der Waals surface area contributed by atoms with Crippen molar-refractivity contribution >= 4 is 50.6 Å². The highest BCUT2D eigenvalue weighted by Crippen LogP contribution is 2.23. The van der Waals surface area contributed by atoms with E-state index in [2.05, 4.69) is 40.3 Å². The zero-order chi connectivity index (χ0) is 35.2. The number of aliphatic carboxylic acids is 1. The van der Waals surface area contributed by atoms with E-state index < -0.39 is 52.2 Å². The summed E-state index contributed by atoms with van der Waals surface area (Å²) in [4.78, 5) is 52.2. The first-order valence-electron chi connectivity index (χ1n) is 13.5. The van der Waals surface area contributed by atoms with Crippen LogP contribution in [0.4, 0.5) is 19.1 Å². The molecule has 0 radical (unpaired) electrons. The van der Waals surface area contributed by atoms with E-state index in [9.17, 15) is 45.9 Å². The molecule has 1 atom stereocenters. The number of alkyl halides is 3. The highest BCUT2D eigenvalue weighted by atomic mass is 32.2. The van der Waals surface area contributed by atoms with Crippen LogP contribution in [0, 0.1) is 20.8 Å². The van der Waals surface area contributed by atoms with Crippen LogP contribution in [0.2, 0.25) is 0 Å². The maximum atomic E-state index is 13.0.